The number of nitrogens with zero attached hydrogens (tertiary/aromatic N) is 2. The van der Waals surface area contributed by atoms with Crippen molar-refractivity contribution in [2.24, 2.45) is 0 Å². The number of benzene rings is 4. The molecule has 4 aromatic carbocycles. The first kappa shape index (κ1) is 28.0. The summed E-state index contributed by atoms with van der Waals surface area (Å²) in [5.41, 5.74) is 3.50. The predicted octanol–water partition coefficient (Wildman–Crippen LogP) is 6.62. The molecule has 7 nitrogen and oxygen atoms in total. The largest absolute Gasteiger partial charge is 0.389 e. The van der Waals surface area contributed by atoms with E-state index in [1.807, 2.05) is 35.8 Å². The number of halogens is 2. The summed E-state index contributed by atoms with van der Waals surface area (Å²) in [5, 5.41) is 17.0. The number of carbonyl (C=O) groups is 1. The number of aromatic nitrogens is 1. The predicted molar refractivity (Wildman–Crippen MR) is 162 cm³/mol. The molecule has 0 bridgehead atoms. The van der Waals surface area contributed by atoms with Gasteiger partial charge >= 0.3 is 0 Å². The Bertz CT molecular complexity index is 1760. The minimum absolute atomic E-state index is 0.109. The monoisotopic (exact) mass is 595 g/mol. The summed E-state index contributed by atoms with van der Waals surface area (Å²) in [6.07, 6.45) is -1.08. The molecule has 0 aliphatic rings. The fourth-order valence-corrected chi connectivity index (χ4v) is 6.65. The highest BCUT2D eigenvalue weighted by molar-refractivity contribution is 7.92. The van der Waals surface area contributed by atoms with Gasteiger partial charge in [-0.2, -0.15) is 0 Å². The van der Waals surface area contributed by atoms with E-state index in [0.29, 0.717) is 21.4 Å². The number of nitrogens with one attached hydrogen (secondary N) is 1. The molecular formula is C30H27Cl2N3O4S. The second kappa shape index (κ2) is 11.1. The van der Waals surface area contributed by atoms with Crippen molar-refractivity contribution in [1.29, 1.82) is 0 Å². The molecule has 0 aliphatic heterocycles. The van der Waals surface area contributed by atoms with Crippen LogP contribution in [-0.2, 0) is 21.4 Å². The molecule has 5 aromatic rings. The van der Waals surface area contributed by atoms with Gasteiger partial charge in [0.2, 0.25) is 5.91 Å². The van der Waals surface area contributed by atoms with Gasteiger partial charge in [-0.25, -0.2) is 8.42 Å². The highest BCUT2D eigenvalue weighted by Gasteiger charge is 2.28. The Morgan fingerprint density at radius 3 is 1.98 bits per heavy atom. The number of fused-ring (bicyclic) bond motifs is 3. The summed E-state index contributed by atoms with van der Waals surface area (Å²) >= 11 is 12.6. The Labute approximate surface area is 242 Å². The van der Waals surface area contributed by atoms with Gasteiger partial charge < -0.3 is 15.0 Å². The van der Waals surface area contributed by atoms with E-state index in [0.717, 1.165) is 27.4 Å². The topological polar surface area (TPSA) is 91.6 Å². The average Bonchev–Trinajstić information content (AvgIpc) is 3.19. The van der Waals surface area contributed by atoms with E-state index in [1.165, 1.54) is 11.2 Å². The van der Waals surface area contributed by atoms with Crippen molar-refractivity contribution in [3.63, 3.8) is 0 Å². The van der Waals surface area contributed by atoms with Crippen LogP contribution in [0.5, 0.6) is 0 Å². The molecule has 0 spiro atoms. The zero-order valence-corrected chi connectivity index (χ0v) is 24.1. The maximum atomic E-state index is 13.9. The van der Waals surface area contributed by atoms with Crippen molar-refractivity contribution >= 4 is 72.3 Å². The highest BCUT2D eigenvalue weighted by Crippen LogP contribution is 2.33. The van der Waals surface area contributed by atoms with Crippen molar-refractivity contribution in [2.75, 3.05) is 16.2 Å². The second-order valence-corrected chi connectivity index (χ2v) is 12.4. The van der Waals surface area contributed by atoms with E-state index in [4.69, 9.17) is 23.2 Å². The molecule has 2 N–H and O–H groups in total. The molecule has 1 aromatic heterocycles. The van der Waals surface area contributed by atoms with Crippen LogP contribution in [0.4, 0.5) is 11.4 Å². The van der Waals surface area contributed by atoms with Gasteiger partial charge in [-0.1, -0.05) is 40.9 Å². The molecule has 0 radical (unpaired) electrons. The fourth-order valence-electron chi connectivity index (χ4n) is 4.80. The number of aliphatic hydroxyl groups is 1. The quantitative estimate of drug-likeness (QED) is 0.211. The van der Waals surface area contributed by atoms with Gasteiger partial charge in [-0.15, -0.1) is 0 Å². The summed E-state index contributed by atoms with van der Waals surface area (Å²) < 4.78 is 30.8. The fraction of sp³-hybridized carbons (Fsp3) is 0.167. The number of sulfonamides is 1. The standard InChI is InChI=1S/C30H27Cl2N3O4S/c1-19-3-11-26(12-4-19)40(38,39)35(24-9-7-23(8-10-24)33-20(2)36)18-25(37)17-34-29-13-5-21(31)15-27(29)28-16-22(32)6-14-30(28)34/h3-16,25,37H,17-18H2,1-2H3,(H,33,36)/t25-/m1/s1. The van der Waals surface area contributed by atoms with Crippen molar-refractivity contribution in [3.8, 4) is 0 Å². The smallest absolute Gasteiger partial charge is 0.264 e. The Hall–Kier alpha value is -3.56. The molecule has 0 fully saturated rings. The molecule has 206 valence electrons. The molecule has 1 amide bonds. The maximum absolute atomic E-state index is 13.9. The van der Waals surface area contributed by atoms with E-state index >= 15 is 0 Å². The lowest BCUT2D eigenvalue weighted by Crippen LogP contribution is -2.39. The van der Waals surface area contributed by atoms with Crippen LogP contribution < -0.4 is 9.62 Å². The van der Waals surface area contributed by atoms with Crippen LogP contribution in [0.2, 0.25) is 10.0 Å². The van der Waals surface area contributed by atoms with Gasteiger partial charge in [0, 0.05) is 44.5 Å². The maximum Gasteiger partial charge on any atom is 0.264 e. The first-order valence-corrected chi connectivity index (χ1v) is 14.7. The SMILES string of the molecule is CC(=O)Nc1ccc(N(C[C@H](O)Cn2c3ccc(Cl)cc3c3cc(Cl)ccc32)S(=O)(=O)c2ccc(C)cc2)cc1. The Morgan fingerprint density at radius 1 is 0.900 bits per heavy atom. The van der Waals surface area contributed by atoms with Crippen LogP contribution in [0.3, 0.4) is 0 Å². The first-order valence-electron chi connectivity index (χ1n) is 12.5. The van der Waals surface area contributed by atoms with Gasteiger partial charge in [0.25, 0.3) is 10.0 Å². The molecular weight excluding hydrogens is 569 g/mol. The van der Waals surface area contributed by atoms with E-state index in [2.05, 4.69) is 5.32 Å². The van der Waals surface area contributed by atoms with Gasteiger partial charge in [-0.3, -0.25) is 9.10 Å². The molecule has 1 heterocycles. The van der Waals surface area contributed by atoms with Gasteiger partial charge in [0.15, 0.2) is 0 Å². The molecule has 1 atom stereocenters. The Balaban J connectivity index is 1.53. The summed E-state index contributed by atoms with van der Waals surface area (Å²) in [4.78, 5) is 11.6. The number of rotatable bonds is 8. The Kier molecular flexibility index (Phi) is 7.79. The van der Waals surface area contributed by atoms with Crippen LogP contribution in [-0.4, -0.2) is 36.6 Å². The number of hydrogen-bond donors (Lipinski definition) is 2. The van der Waals surface area contributed by atoms with Crippen LogP contribution in [0.15, 0.2) is 89.8 Å². The molecule has 10 heteroatoms. The minimum Gasteiger partial charge on any atom is -0.389 e. The third kappa shape index (κ3) is 5.67. The van der Waals surface area contributed by atoms with Crippen molar-refractivity contribution in [2.45, 2.75) is 31.4 Å². The first-order chi connectivity index (χ1) is 19.0. The summed E-state index contributed by atoms with van der Waals surface area (Å²) in [5.74, 6) is -0.235. The normalized spacial score (nSPS) is 12.5. The zero-order valence-electron chi connectivity index (χ0n) is 21.8. The average molecular weight is 597 g/mol. The molecule has 0 unspecified atom stereocenters. The number of anilines is 2. The van der Waals surface area contributed by atoms with Crippen molar-refractivity contribution in [1.82, 2.24) is 4.57 Å². The molecule has 5 rings (SSSR count). The van der Waals surface area contributed by atoms with Gasteiger partial charge in [-0.05, 0) is 79.7 Å². The van der Waals surface area contributed by atoms with E-state index in [-0.39, 0.29) is 23.9 Å². The lowest BCUT2D eigenvalue weighted by atomic mass is 10.1. The zero-order chi connectivity index (χ0) is 28.6. The number of aryl methyl sites for hydroxylation is 1. The molecule has 40 heavy (non-hydrogen) atoms. The van der Waals surface area contributed by atoms with Crippen LogP contribution >= 0.6 is 23.2 Å². The van der Waals surface area contributed by atoms with E-state index in [1.54, 1.807) is 60.7 Å². The van der Waals surface area contributed by atoms with E-state index in [9.17, 15) is 18.3 Å². The second-order valence-electron chi connectivity index (χ2n) is 9.66. The molecule has 0 saturated carbocycles. The summed E-state index contributed by atoms with van der Waals surface area (Å²) in [7, 11) is -4.04. The lowest BCUT2D eigenvalue weighted by molar-refractivity contribution is -0.114. The lowest BCUT2D eigenvalue weighted by Gasteiger charge is -2.27. The number of aliphatic hydroxyl groups excluding tert-OH is 1. The third-order valence-corrected chi connectivity index (χ3v) is 8.92. The van der Waals surface area contributed by atoms with Crippen molar-refractivity contribution in [3.05, 3.63) is 101 Å². The van der Waals surface area contributed by atoms with Crippen molar-refractivity contribution < 1.29 is 18.3 Å². The highest BCUT2D eigenvalue weighted by atomic mass is 35.5. The Morgan fingerprint density at radius 2 is 1.45 bits per heavy atom. The van der Waals surface area contributed by atoms with Gasteiger partial charge in [0.1, 0.15) is 0 Å². The number of hydrogen-bond acceptors (Lipinski definition) is 4. The number of carbonyl (C=O) groups excluding carboxylic acids is 1. The number of amides is 1. The molecule has 0 aliphatic carbocycles. The summed E-state index contributed by atoms with van der Waals surface area (Å²) in [6.45, 7) is 3.19. The minimum atomic E-state index is -4.04. The van der Waals surface area contributed by atoms with Crippen LogP contribution in [0.25, 0.3) is 21.8 Å². The molecule has 0 saturated heterocycles. The summed E-state index contributed by atoms with van der Waals surface area (Å²) in [6, 6.07) is 24.0. The van der Waals surface area contributed by atoms with E-state index < -0.39 is 16.1 Å². The van der Waals surface area contributed by atoms with Crippen LogP contribution in [0, 0.1) is 6.92 Å². The third-order valence-electron chi connectivity index (χ3n) is 6.64. The van der Waals surface area contributed by atoms with Gasteiger partial charge in [0.05, 0.1) is 29.8 Å². The van der Waals surface area contributed by atoms with Crippen LogP contribution in [0.1, 0.15) is 12.5 Å².